The normalized spacial score (nSPS) is 29.6. The molecule has 2 unspecified atom stereocenters. The van der Waals surface area contributed by atoms with Gasteiger partial charge in [0, 0.05) is 47.4 Å². The largest absolute Gasteiger partial charge is 0.509 e. The molecule has 10 rings (SSSR count). The van der Waals surface area contributed by atoms with E-state index in [9.17, 15) is 4.79 Å². The van der Waals surface area contributed by atoms with Crippen molar-refractivity contribution in [3.05, 3.63) is 97.4 Å². The summed E-state index contributed by atoms with van der Waals surface area (Å²) >= 11 is 0. The number of aromatic nitrogens is 2. The van der Waals surface area contributed by atoms with Gasteiger partial charge in [0.25, 0.3) is 0 Å². The van der Waals surface area contributed by atoms with Gasteiger partial charge in [-0.15, -0.1) is 13.2 Å². The van der Waals surface area contributed by atoms with Crippen LogP contribution in [0.4, 0.5) is 4.79 Å². The Kier molecular flexibility index (Phi) is 8.95. The Balaban J connectivity index is 1.18. The van der Waals surface area contributed by atoms with Crippen molar-refractivity contribution in [3.63, 3.8) is 0 Å². The first kappa shape index (κ1) is 32.7. The molecule has 9 heteroatoms. The standard InChI is InChI=1S/C41H46N4O5/c1-5-25-23-44-17-13-27(25)19-37(44)39(31-11-15-42-35-9-7-29(47-3)21-33(31)35)49-41(46)50-40(38-20-28-14-18-45(38)24-26(28)6-2)32-12-16-43-36-10-8-30(48-4)22-34(32)36/h5-12,15-16,21-22,25-28,37-40H,1-2,13-14,17-20,23-24H2,3-4H3/t25-,26-,27-,28-,37-,38-,39+,40+/m0/s1. The first-order chi connectivity index (χ1) is 24.5. The second kappa shape index (κ2) is 13.7. The molecule has 6 aliphatic heterocycles. The van der Waals surface area contributed by atoms with Gasteiger partial charge < -0.3 is 18.9 Å². The molecular weight excluding hydrogens is 628 g/mol. The number of benzene rings is 2. The maximum Gasteiger partial charge on any atom is 0.509 e. The lowest BCUT2D eigenvalue weighted by molar-refractivity contribution is -0.0939. The molecule has 6 fully saturated rings. The number of ether oxygens (including phenoxy) is 4. The first-order valence-electron chi connectivity index (χ1n) is 17.9. The summed E-state index contributed by atoms with van der Waals surface area (Å²) in [7, 11) is 3.32. The van der Waals surface area contributed by atoms with E-state index in [2.05, 4.69) is 45.1 Å². The fraction of sp³-hybridized carbons (Fsp3) is 0.439. The van der Waals surface area contributed by atoms with Crippen molar-refractivity contribution in [2.24, 2.45) is 23.7 Å². The quantitative estimate of drug-likeness (QED) is 0.125. The van der Waals surface area contributed by atoms with Gasteiger partial charge in [0.15, 0.2) is 0 Å². The second-order valence-corrected chi connectivity index (χ2v) is 14.4. The van der Waals surface area contributed by atoms with Crippen LogP contribution < -0.4 is 9.47 Å². The van der Waals surface area contributed by atoms with Crippen molar-refractivity contribution in [1.29, 1.82) is 0 Å². The lowest BCUT2D eigenvalue weighted by Gasteiger charge is -2.51. The van der Waals surface area contributed by atoms with Crippen LogP contribution in [0.3, 0.4) is 0 Å². The first-order valence-corrected chi connectivity index (χ1v) is 17.9. The molecule has 0 amide bonds. The Labute approximate surface area is 293 Å². The second-order valence-electron chi connectivity index (χ2n) is 14.4. The molecule has 260 valence electrons. The Morgan fingerprint density at radius 2 is 1.20 bits per heavy atom. The van der Waals surface area contributed by atoms with Gasteiger partial charge in [-0.25, -0.2) is 4.79 Å². The fourth-order valence-corrected chi connectivity index (χ4v) is 9.36. The van der Waals surface area contributed by atoms with Crippen LogP contribution >= 0.6 is 0 Å². The summed E-state index contributed by atoms with van der Waals surface area (Å²) in [6.45, 7) is 12.0. The number of carbonyl (C=O) groups excluding carboxylic acids is 1. The topological polar surface area (TPSA) is 86.2 Å². The third-order valence-corrected chi connectivity index (χ3v) is 12.0. The van der Waals surface area contributed by atoms with Gasteiger partial charge in [0.1, 0.15) is 23.7 Å². The zero-order valence-corrected chi connectivity index (χ0v) is 28.9. The highest BCUT2D eigenvalue weighted by Crippen LogP contribution is 2.46. The van der Waals surface area contributed by atoms with E-state index in [1.54, 1.807) is 26.6 Å². The molecule has 10 atom stereocenters. The molecule has 8 heterocycles. The minimum atomic E-state index is -0.674. The van der Waals surface area contributed by atoms with Gasteiger partial charge in [-0.3, -0.25) is 19.8 Å². The zero-order valence-electron chi connectivity index (χ0n) is 28.9. The van der Waals surface area contributed by atoms with E-state index >= 15 is 0 Å². The van der Waals surface area contributed by atoms with Gasteiger partial charge in [0.2, 0.25) is 0 Å². The van der Waals surface area contributed by atoms with E-state index < -0.39 is 18.4 Å². The molecule has 2 aromatic heterocycles. The van der Waals surface area contributed by atoms with Gasteiger partial charge in [-0.05, 0) is 111 Å². The lowest BCUT2D eigenvalue weighted by Crippen LogP contribution is -2.56. The summed E-state index contributed by atoms with van der Waals surface area (Å²) in [4.78, 5) is 28.7. The lowest BCUT2D eigenvalue weighted by atomic mass is 9.73. The Morgan fingerprint density at radius 3 is 1.58 bits per heavy atom. The van der Waals surface area contributed by atoms with Crippen molar-refractivity contribution in [3.8, 4) is 11.5 Å². The Morgan fingerprint density at radius 1 is 0.740 bits per heavy atom. The highest BCUT2D eigenvalue weighted by atomic mass is 16.7. The molecule has 6 saturated heterocycles. The number of carbonyl (C=O) groups is 1. The molecule has 0 saturated carbocycles. The van der Waals surface area contributed by atoms with E-state index in [0.717, 1.165) is 96.3 Å². The predicted octanol–water partition coefficient (Wildman–Crippen LogP) is 7.53. The van der Waals surface area contributed by atoms with Gasteiger partial charge >= 0.3 is 6.16 Å². The third kappa shape index (κ3) is 5.90. The van der Waals surface area contributed by atoms with E-state index in [4.69, 9.17) is 18.9 Å². The number of piperidine rings is 6. The SMILES string of the molecule is C=C[C@H]1CN2CC[C@H]1C[C@H]2[C@H](OC(=O)O[C@H](c1ccnc2ccc(OC)cc12)[C@@H]1C[C@@H]2CCN1C[C@@H]2C=C)c1ccnc2ccc(OC)cc12. The molecule has 6 aliphatic rings. The molecule has 2 aromatic carbocycles. The average molecular weight is 675 g/mol. The van der Waals surface area contributed by atoms with Gasteiger partial charge in [-0.1, -0.05) is 12.2 Å². The van der Waals surface area contributed by atoms with Crippen LogP contribution in [0.5, 0.6) is 11.5 Å². The molecule has 0 N–H and O–H groups in total. The number of hydrogen-bond donors (Lipinski definition) is 0. The van der Waals surface area contributed by atoms with Crippen LogP contribution in [0.25, 0.3) is 21.8 Å². The van der Waals surface area contributed by atoms with Gasteiger partial charge in [-0.2, -0.15) is 0 Å². The van der Waals surface area contributed by atoms with Crippen LogP contribution in [-0.2, 0) is 9.47 Å². The zero-order chi connectivity index (χ0) is 34.4. The monoisotopic (exact) mass is 674 g/mol. The molecule has 0 radical (unpaired) electrons. The number of nitrogens with zero attached hydrogens (tertiary/aromatic N) is 4. The van der Waals surface area contributed by atoms with Crippen molar-refractivity contribution in [2.45, 2.75) is 50.0 Å². The summed E-state index contributed by atoms with van der Waals surface area (Å²) in [6.07, 6.45) is 10.00. The fourth-order valence-electron chi connectivity index (χ4n) is 9.36. The van der Waals surface area contributed by atoms with Crippen molar-refractivity contribution in [2.75, 3.05) is 40.4 Å². The third-order valence-electron chi connectivity index (χ3n) is 12.0. The van der Waals surface area contributed by atoms with Crippen LogP contribution in [0.1, 0.15) is 49.0 Å². The summed E-state index contributed by atoms with van der Waals surface area (Å²) in [5.74, 6) is 3.29. The van der Waals surface area contributed by atoms with Crippen LogP contribution in [0, 0.1) is 23.7 Å². The molecule has 4 aromatic rings. The molecule has 9 nitrogen and oxygen atoms in total. The minimum absolute atomic E-state index is 0.0124. The highest BCUT2D eigenvalue weighted by Gasteiger charge is 2.47. The Hall–Kier alpha value is -4.47. The minimum Gasteiger partial charge on any atom is -0.497 e. The Bertz CT molecular complexity index is 1780. The van der Waals surface area contributed by atoms with Crippen LogP contribution in [-0.4, -0.2) is 78.4 Å². The summed E-state index contributed by atoms with van der Waals surface area (Å²) in [5.41, 5.74) is 3.46. The van der Waals surface area contributed by atoms with E-state index in [1.165, 1.54) is 0 Å². The number of methoxy groups -OCH3 is 2. The maximum atomic E-state index is 14.5. The number of hydrogen-bond acceptors (Lipinski definition) is 9. The molecular formula is C41H46N4O5. The average Bonchev–Trinajstić information content (AvgIpc) is 3.18. The number of rotatable bonds is 10. The molecule has 0 spiro atoms. The van der Waals surface area contributed by atoms with Crippen molar-refractivity contribution in [1.82, 2.24) is 19.8 Å². The summed E-state index contributed by atoms with van der Waals surface area (Å²) < 4.78 is 24.5. The molecule has 0 aliphatic carbocycles. The highest BCUT2D eigenvalue weighted by molar-refractivity contribution is 5.85. The van der Waals surface area contributed by atoms with Crippen molar-refractivity contribution < 1.29 is 23.7 Å². The van der Waals surface area contributed by atoms with E-state index in [-0.39, 0.29) is 12.1 Å². The van der Waals surface area contributed by atoms with Gasteiger partial charge in [0.05, 0.1) is 37.3 Å². The van der Waals surface area contributed by atoms with Crippen molar-refractivity contribution >= 4 is 28.0 Å². The van der Waals surface area contributed by atoms with E-state index in [1.807, 2.05) is 48.5 Å². The van der Waals surface area contributed by atoms with E-state index in [0.29, 0.717) is 23.7 Å². The molecule has 50 heavy (non-hydrogen) atoms. The molecule has 4 bridgehead atoms. The van der Waals surface area contributed by atoms with Crippen LogP contribution in [0.15, 0.2) is 86.2 Å². The maximum absolute atomic E-state index is 14.5. The summed E-state index contributed by atoms with van der Waals surface area (Å²) in [6, 6.07) is 15.6. The number of pyridine rings is 2. The number of fused-ring (bicyclic) bond motifs is 8. The summed E-state index contributed by atoms with van der Waals surface area (Å²) in [5, 5.41) is 1.81. The smallest absolute Gasteiger partial charge is 0.497 e. The van der Waals surface area contributed by atoms with Crippen LogP contribution in [0.2, 0.25) is 0 Å². The predicted molar refractivity (Wildman–Crippen MR) is 193 cm³/mol.